The second-order valence-electron chi connectivity index (χ2n) is 8.52. The van der Waals surface area contributed by atoms with Crippen molar-refractivity contribution in [1.82, 2.24) is 4.90 Å². The van der Waals surface area contributed by atoms with Gasteiger partial charge in [0.05, 0.1) is 18.9 Å². The summed E-state index contributed by atoms with van der Waals surface area (Å²) in [6.45, 7) is 10.2. The fourth-order valence-electron chi connectivity index (χ4n) is 4.21. The minimum absolute atomic E-state index is 0.0394. The van der Waals surface area contributed by atoms with Crippen LogP contribution in [0.25, 0.3) is 0 Å². The van der Waals surface area contributed by atoms with Gasteiger partial charge in [0.15, 0.2) is 0 Å². The van der Waals surface area contributed by atoms with Gasteiger partial charge in [0.1, 0.15) is 5.76 Å². The highest BCUT2D eigenvalue weighted by Crippen LogP contribution is 2.42. The highest BCUT2D eigenvalue weighted by molar-refractivity contribution is 5.73. The number of carbonyl (C=O) groups excluding carboxylic acids is 1. The van der Waals surface area contributed by atoms with Gasteiger partial charge in [0.25, 0.3) is 0 Å². The van der Waals surface area contributed by atoms with Crippen molar-refractivity contribution in [3.8, 4) is 0 Å². The molecule has 1 aliphatic rings. The molecule has 4 nitrogen and oxygen atoms in total. The van der Waals surface area contributed by atoms with Crippen LogP contribution in [0.1, 0.15) is 56.9 Å². The predicted octanol–water partition coefficient (Wildman–Crippen LogP) is 5.10. The van der Waals surface area contributed by atoms with Crippen LogP contribution in [-0.2, 0) is 21.5 Å². The molecule has 2 heterocycles. The molecule has 1 aromatic carbocycles. The Balaban J connectivity index is 1.82. The van der Waals surface area contributed by atoms with E-state index < -0.39 is 0 Å². The summed E-state index contributed by atoms with van der Waals surface area (Å²) in [4.78, 5) is 14.2. The van der Waals surface area contributed by atoms with E-state index in [0.717, 1.165) is 31.6 Å². The number of benzene rings is 1. The highest BCUT2D eigenvalue weighted by Gasteiger charge is 2.39. The van der Waals surface area contributed by atoms with Crippen LogP contribution in [0.5, 0.6) is 0 Å². The molecule has 2 atom stereocenters. The predicted molar refractivity (Wildman–Crippen MR) is 111 cm³/mol. The van der Waals surface area contributed by atoms with Gasteiger partial charge in [-0.25, -0.2) is 0 Å². The first-order valence-electron chi connectivity index (χ1n) is 10.4. The van der Waals surface area contributed by atoms with Gasteiger partial charge in [-0.2, -0.15) is 0 Å². The Labute approximate surface area is 168 Å². The molecule has 28 heavy (non-hydrogen) atoms. The van der Waals surface area contributed by atoms with Crippen molar-refractivity contribution in [1.29, 1.82) is 0 Å². The fraction of sp³-hybridized carbons (Fsp3) is 0.542. The molecule has 1 amide bonds. The Morgan fingerprint density at radius 2 is 2.00 bits per heavy atom. The summed E-state index contributed by atoms with van der Waals surface area (Å²) in [6, 6.07) is 12.7. The zero-order chi connectivity index (χ0) is 20.1. The molecule has 0 unspecified atom stereocenters. The van der Waals surface area contributed by atoms with Crippen molar-refractivity contribution in [3.63, 3.8) is 0 Å². The van der Waals surface area contributed by atoms with Crippen LogP contribution in [0.15, 0.2) is 47.1 Å². The minimum atomic E-state index is 0.0394. The molecule has 1 saturated heterocycles. The molecule has 0 bridgehead atoms. The van der Waals surface area contributed by atoms with Crippen LogP contribution < -0.4 is 0 Å². The van der Waals surface area contributed by atoms with Crippen LogP contribution in [0.4, 0.5) is 0 Å². The molecule has 0 N–H and O–H groups in total. The van der Waals surface area contributed by atoms with Gasteiger partial charge >= 0.3 is 0 Å². The lowest BCUT2D eigenvalue weighted by molar-refractivity contribution is -0.130. The molecule has 1 aromatic heterocycles. The van der Waals surface area contributed by atoms with Crippen LogP contribution in [-0.4, -0.2) is 30.1 Å². The van der Waals surface area contributed by atoms with Crippen LogP contribution in [0.3, 0.4) is 0 Å². The number of hydrogen-bond acceptors (Lipinski definition) is 3. The second kappa shape index (κ2) is 8.95. The van der Waals surface area contributed by atoms with E-state index in [0.29, 0.717) is 19.0 Å². The molecule has 4 heteroatoms. The molecule has 0 spiro atoms. The van der Waals surface area contributed by atoms with Crippen molar-refractivity contribution in [2.45, 2.75) is 65.0 Å². The molecule has 2 aromatic rings. The Morgan fingerprint density at radius 1 is 1.25 bits per heavy atom. The number of carbonyl (C=O) groups is 1. The van der Waals surface area contributed by atoms with Gasteiger partial charge in [-0.15, -0.1) is 0 Å². The van der Waals surface area contributed by atoms with E-state index in [2.05, 4.69) is 45.0 Å². The second-order valence-corrected chi connectivity index (χ2v) is 8.52. The summed E-state index contributed by atoms with van der Waals surface area (Å²) in [5.41, 5.74) is 2.68. The Kier molecular flexibility index (Phi) is 6.61. The van der Waals surface area contributed by atoms with E-state index in [4.69, 9.17) is 9.15 Å². The maximum atomic E-state index is 12.3. The number of aryl methyl sites for hydroxylation is 1. The summed E-state index contributed by atoms with van der Waals surface area (Å²) in [6.07, 6.45) is 4.84. The van der Waals surface area contributed by atoms with E-state index in [1.165, 1.54) is 11.1 Å². The van der Waals surface area contributed by atoms with Gasteiger partial charge < -0.3 is 14.1 Å². The van der Waals surface area contributed by atoms with Gasteiger partial charge in [-0.05, 0) is 49.8 Å². The van der Waals surface area contributed by atoms with Crippen LogP contribution in [0, 0.1) is 12.8 Å². The van der Waals surface area contributed by atoms with Gasteiger partial charge in [-0.1, -0.05) is 43.7 Å². The van der Waals surface area contributed by atoms with Crippen molar-refractivity contribution < 1.29 is 13.9 Å². The summed E-state index contributed by atoms with van der Waals surface area (Å²) in [5, 5.41) is 0. The lowest BCUT2D eigenvalue weighted by Crippen LogP contribution is -2.43. The first-order chi connectivity index (χ1) is 13.4. The van der Waals surface area contributed by atoms with Crippen molar-refractivity contribution >= 4 is 5.91 Å². The van der Waals surface area contributed by atoms with Crippen LogP contribution >= 0.6 is 0 Å². The Bertz CT molecular complexity index is 751. The van der Waals surface area contributed by atoms with E-state index in [1.54, 1.807) is 13.2 Å². The molecular formula is C24H33NO3. The minimum Gasteiger partial charge on any atom is -0.467 e. The van der Waals surface area contributed by atoms with E-state index >= 15 is 0 Å². The molecule has 1 aliphatic heterocycles. The largest absolute Gasteiger partial charge is 0.467 e. The first-order valence-corrected chi connectivity index (χ1v) is 10.4. The van der Waals surface area contributed by atoms with Crippen molar-refractivity contribution in [2.75, 3.05) is 13.2 Å². The zero-order valence-corrected chi connectivity index (χ0v) is 17.6. The van der Waals surface area contributed by atoms with Gasteiger partial charge in [0, 0.05) is 25.5 Å². The van der Waals surface area contributed by atoms with Crippen LogP contribution in [0.2, 0.25) is 0 Å². The fourth-order valence-corrected chi connectivity index (χ4v) is 4.21. The number of nitrogens with zero attached hydrogens (tertiary/aromatic N) is 1. The first kappa shape index (κ1) is 20.7. The lowest BCUT2D eigenvalue weighted by Gasteiger charge is -2.44. The topological polar surface area (TPSA) is 42.7 Å². The SMILES string of the molecule is CC(=O)N(CC[C@]1(c2ccc(C)cc2)CCO[C@@H](C(C)C)C1)Cc1ccco1. The van der Waals surface area contributed by atoms with Crippen molar-refractivity contribution in [3.05, 3.63) is 59.5 Å². The molecule has 152 valence electrons. The maximum absolute atomic E-state index is 12.3. The third-order valence-corrected chi connectivity index (χ3v) is 6.14. The van der Waals surface area contributed by atoms with Gasteiger partial charge in [0.2, 0.25) is 5.91 Å². The Morgan fingerprint density at radius 3 is 2.61 bits per heavy atom. The standard InChI is InChI=1S/C24H33NO3/c1-18(2)23-16-24(12-15-28-23,21-9-7-19(3)8-10-21)11-13-25(20(4)26)17-22-6-5-14-27-22/h5-10,14,18,23H,11-13,15-17H2,1-4H3/t23-,24+/m1/s1. The summed E-state index contributed by atoms with van der Waals surface area (Å²) in [7, 11) is 0. The monoisotopic (exact) mass is 383 g/mol. The zero-order valence-electron chi connectivity index (χ0n) is 17.6. The molecule has 0 aliphatic carbocycles. The van der Waals surface area contributed by atoms with Gasteiger partial charge in [-0.3, -0.25) is 4.79 Å². The summed E-state index contributed by atoms with van der Waals surface area (Å²) < 4.78 is 11.5. The molecule has 3 rings (SSSR count). The summed E-state index contributed by atoms with van der Waals surface area (Å²) in [5.74, 6) is 1.40. The van der Waals surface area contributed by atoms with E-state index in [9.17, 15) is 4.79 Å². The molecule has 0 radical (unpaired) electrons. The molecular weight excluding hydrogens is 350 g/mol. The van der Waals surface area contributed by atoms with Crippen molar-refractivity contribution in [2.24, 2.45) is 5.92 Å². The third kappa shape index (κ3) is 4.85. The number of furan rings is 1. The number of ether oxygens (including phenoxy) is 1. The lowest BCUT2D eigenvalue weighted by atomic mass is 9.68. The summed E-state index contributed by atoms with van der Waals surface area (Å²) >= 11 is 0. The third-order valence-electron chi connectivity index (χ3n) is 6.14. The van der Waals surface area contributed by atoms with E-state index in [1.807, 2.05) is 17.0 Å². The molecule has 0 saturated carbocycles. The number of rotatable bonds is 7. The quantitative estimate of drug-likeness (QED) is 0.668. The smallest absolute Gasteiger partial charge is 0.219 e. The average molecular weight is 384 g/mol. The number of amides is 1. The molecule has 1 fully saturated rings. The normalized spacial score (nSPS) is 22.4. The number of hydrogen-bond donors (Lipinski definition) is 0. The maximum Gasteiger partial charge on any atom is 0.219 e. The average Bonchev–Trinajstić information content (AvgIpc) is 3.18. The Hall–Kier alpha value is -2.07. The van der Waals surface area contributed by atoms with E-state index in [-0.39, 0.29) is 17.4 Å². The highest BCUT2D eigenvalue weighted by atomic mass is 16.5.